The fraction of sp³-hybridized carbons (Fsp3) is 0.556. The molecule has 1 aromatic carbocycles. The van der Waals surface area contributed by atoms with Gasteiger partial charge in [-0.1, -0.05) is 18.2 Å². The lowest BCUT2D eigenvalue weighted by Crippen LogP contribution is -2.42. The van der Waals surface area contributed by atoms with Crippen molar-refractivity contribution in [3.05, 3.63) is 28.4 Å². The molecule has 0 bridgehead atoms. The Balaban J connectivity index is 1.75. The molecule has 2 aromatic rings. The Bertz CT molecular complexity index is 755. The van der Waals surface area contributed by atoms with E-state index < -0.39 is 5.60 Å². The van der Waals surface area contributed by atoms with Crippen LogP contribution in [0.3, 0.4) is 0 Å². The maximum absolute atomic E-state index is 12.2. The first-order valence-corrected chi connectivity index (χ1v) is 9.17. The molecule has 0 unspecified atom stereocenters. The minimum absolute atomic E-state index is 0.219. The molecular formula is C18H24BrN3O2. The Hall–Kier alpha value is -1.56. The van der Waals surface area contributed by atoms with Gasteiger partial charge < -0.3 is 9.64 Å². The first-order valence-electron chi connectivity index (χ1n) is 8.37. The molecule has 1 amide bonds. The molecule has 0 atom stereocenters. The van der Waals surface area contributed by atoms with Crippen LogP contribution in [0.25, 0.3) is 10.9 Å². The van der Waals surface area contributed by atoms with Gasteiger partial charge in [-0.15, -0.1) is 0 Å². The largest absolute Gasteiger partial charge is 0.444 e. The predicted molar refractivity (Wildman–Crippen MR) is 98.2 cm³/mol. The third-order valence-corrected chi connectivity index (χ3v) is 4.93. The van der Waals surface area contributed by atoms with Gasteiger partial charge in [0.05, 0.1) is 11.6 Å². The quantitative estimate of drug-likeness (QED) is 0.706. The number of hydrogen-bond acceptors (Lipinski definition) is 3. The molecule has 0 spiro atoms. The van der Waals surface area contributed by atoms with Crippen molar-refractivity contribution in [2.45, 2.75) is 52.2 Å². The second-order valence-corrected chi connectivity index (χ2v) is 8.16. The van der Waals surface area contributed by atoms with Gasteiger partial charge in [-0.05, 0) is 62.0 Å². The van der Waals surface area contributed by atoms with Crippen molar-refractivity contribution < 1.29 is 9.53 Å². The zero-order chi connectivity index (χ0) is 17.5. The number of fused-ring (bicyclic) bond motifs is 1. The summed E-state index contributed by atoms with van der Waals surface area (Å²) in [7, 11) is 0. The number of aryl methyl sites for hydroxylation is 1. The summed E-state index contributed by atoms with van der Waals surface area (Å²) in [6.45, 7) is 9.20. The van der Waals surface area contributed by atoms with Gasteiger partial charge in [0, 0.05) is 18.5 Å². The Labute approximate surface area is 151 Å². The van der Waals surface area contributed by atoms with Crippen LogP contribution >= 0.6 is 15.9 Å². The third kappa shape index (κ3) is 3.43. The van der Waals surface area contributed by atoms with Gasteiger partial charge in [0.1, 0.15) is 10.2 Å². The lowest BCUT2D eigenvalue weighted by molar-refractivity contribution is 0.0186. The van der Waals surface area contributed by atoms with Gasteiger partial charge in [-0.25, -0.2) is 4.79 Å². The molecule has 0 radical (unpaired) electrons. The number of piperidine rings is 1. The first kappa shape index (κ1) is 17.3. The van der Waals surface area contributed by atoms with Gasteiger partial charge in [0.25, 0.3) is 0 Å². The molecule has 6 heteroatoms. The van der Waals surface area contributed by atoms with Crippen molar-refractivity contribution in [1.29, 1.82) is 0 Å². The Morgan fingerprint density at radius 1 is 1.29 bits per heavy atom. The summed E-state index contributed by atoms with van der Waals surface area (Å²) in [4.78, 5) is 14.0. The maximum Gasteiger partial charge on any atom is 0.410 e. The van der Waals surface area contributed by atoms with E-state index >= 15 is 0 Å². The average molecular weight is 394 g/mol. The van der Waals surface area contributed by atoms with E-state index in [0.29, 0.717) is 19.1 Å². The van der Waals surface area contributed by atoms with E-state index in [4.69, 9.17) is 9.84 Å². The summed E-state index contributed by atoms with van der Waals surface area (Å²) >= 11 is 3.57. The number of rotatable bonds is 1. The van der Waals surface area contributed by atoms with E-state index in [2.05, 4.69) is 45.7 Å². The number of amides is 1. The monoisotopic (exact) mass is 393 g/mol. The summed E-state index contributed by atoms with van der Waals surface area (Å²) in [5.74, 6) is 0. The third-order valence-electron chi connectivity index (χ3n) is 4.35. The van der Waals surface area contributed by atoms with Crippen molar-refractivity contribution in [1.82, 2.24) is 14.7 Å². The van der Waals surface area contributed by atoms with E-state index in [1.165, 1.54) is 11.1 Å². The maximum atomic E-state index is 12.2. The van der Waals surface area contributed by atoms with Gasteiger partial charge >= 0.3 is 6.09 Å². The summed E-state index contributed by atoms with van der Waals surface area (Å²) < 4.78 is 8.48. The van der Waals surface area contributed by atoms with Crippen LogP contribution in [0, 0.1) is 6.92 Å². The van der Waals surface area contributed by atoms with Crippen molar-refractivity contribution in [3.8, 4) is 0 Å². The van der Waals surface area contributed by atoms with Crippen LogP contribution < -0.4 is 0 Å². The van der Waals surface area contributed by atoms with E-state index in [9.17, 15) is 4.79 Å². The van der Waals surface area contributed by atoms with E-state index in [1.54, 1.807) is 4.90 Å². The van der Waals surface area contributed by atoms with Crippen LogP contribution in [0.1, 0.15) is 45.2 Å². The number of halogens is 1. The number of ether oxygens (including phenoxy) is 1. The molecule has 2 heterocycles. The predicted octanol–water partition coefficient (Wildman–Crippen LogP) is 4.68. The molecular weight excluding hydrogens is 370 g/mol. The van der Waals surface area contributed by atoms with Crippen molar-refractivity contribution in [2.75, 3.05) is 13.1 Å². The first-order chi connectivity index (χ1) is 11.3. The molecule has 3 rings (SSSR count). The molecule has 1 aromatic heterocycles. The molecule has 1 saturated heterocycles. The number of nitrogens with zero attached hydrogens (tertiary/aromatic N) is 3. The topological polar surface area (TPSA) is 47.4 Å². The number of aromatic nitrogens is 2. The summed E-state index contributed by atoms with van der Waals surface area (Å²) in [5.41, 5.74) is 1.95. The van der Waals surface area contributed by atoms with Crippen LogP contribution in [0.4, 0.5) is 4.79 Å². The fourth-order valence-electron chi connectivity index (χ4n) is 3.21. The molecule has 130 valence electrons. The zero-order valence-electron chi connectivity index (χ0n) is 14.7. The van der Waals surface area contributed by atoms with E-state index in [-0.39, 0.29) is 6.09 Å². The smallest absolute Gasteiger partial charge is 0.410 e. The van der Waals surface area contributed by atoms with Crippen LogP contribution in [0.5, 0.6) is 0 Å². The fourth-order valence-corrected chi connectivity index (χ4v) is 3.70. The Morgan fingerprint density at radius 3 is 2.58 bits per heavy atom. The summed E-state index contributed by atoms with van der Waals surface area (Å²) in [6, 6.07) is 6.56. The Morgan fingerprint density at radius 2 is 1.96 bits per heavy atom. The molecule has 1 aliphatic heterocycles. The number of benzene rings is 1. The SMILES string of the molecule is Cc1cccc2c(Br)nn(C3CCN(C(=O)OC(C)(C)C)CC3)c12. The standard InChI is InChI=1S/C18H24BrN3O2/c1-12-6-5-7-14-15(12)22(20-16(14)19)13-8-10-21(11-9-13)17(23)24-18(2,3)4/h5-7,13H,8-11H2,1-4H3. The number of hydrogen-bond donors (Lipinski definition) is 0. The van der Waals surface area contributed by atoms with Crippen molar-refractivity contribution in [3.63, 3.8) is 0 Å². The number of likely N-dealkylation sites (tertiary alicyclic amines) is 1. The van der Waals surface area contributed by atoms with E-state index in [0.717, 1.165) is 22.8 Å². The van der Waals surface area contributed by atoms with Crippen LogP contribution in [-0.2, 0) is 4.74 Å². The van der Waals surface area contributed by atoms with Crippen LogP contribution in [-0.4, -0.2) is 39.5 Å². The molecule has 0 aliphatic carbocycles. The lowest BCUT2D eigenvalue weighted by Gasteiger charge is -2.33. The second kappa shape index (κ2) is 6.39. The number of carbonyl (C=O) groups is 1. The molecule has 0 N–H and O–H groups in total. The van der Waals surface area contributed by atoms with Crippen molar-refractivity contribution >= 4 is 32.9 Å². The minimum atomic E-state index is -0.450. The van der Waals surface area contributed by atoms with Crippen molar-refractivity contribution in [2.24, 2.45) is 0 Å². The molecule has 5 nitrogen and oxygen atoms in total. The van der Waals surface area contributed by atoms with E-state index in [1.807, 2.05) is 20.8 Å². The second-order valence-electron chi connectivity index (χ2n) is 7.41. The molecule has 1 fully saturated rings. The molecule has 0 saturated carbocycles. The van der Waals surface area contributed by atoms with Crippen LogP contribution in [0.15, 0.2) is 22.8 Å². The normalized spacial score (nSPS) is 16.6. The highest BCUT2D eigenvalue weighted by molar-refractivity contribution is 9.10. The van der Waals surface area contributed by atoms with Gasteiger partial charge in [0.2, 0.25) is 0 Å². The minimum Gasteiger partial charge on any atom is -0.444 e. The average Bonchev–Trinajstić information content (AvgIpc) is 2.84. The van der Waals surface area contributed by atoms with Crippen LogP contribution in [0.2, 0.25) is 0 Å². The number of carbonyl (C=O) groups excluding carboxylic acids is 1. The number of para-hydroxylation sites is 1. The Kier molecular flexibility index (Phi) is 4.60. The lowest BCUT2D eigenvalue weighted by atomic mass is 10.0. The summed E-state index contributed by atoms with van der Waals surface area (Å²) in [6.07, 6.45) is 1.55. The highest BCUT2D eigenvalue weighted by Crippen LogP contribution is 2.32. The van der Waals surface area contributed by atoms with Gasteiger partial charge in [-0.2, -0.15) is 5.10 Å². The highest BCUT2D eigenvalue weighted by Gasteiger charge is 2.29. The molecule has 24 heavy (non-hydrogen) atoms. The van der Waals surface area contributed by atoms with Gasteiger partial charge in [0.15, 0.2) is 0 Å². The summed E-state index contributed by atoms with van der Waals surface area (Å²) in [5, 5.41) is 5.85. The van der Waals surface area contributed by atoms with Gasteiger partial charge in [-0.3, -0.25) is 4.68 Å². The molecule has 1 aliphatic rings. The highest BCUT2D eigenvalue weighted by atomic mass is 79.9. The zero-order valence-corrected chi connectivity index (χ0v) is 16.3.